The summed E-state index contributed by atoms with van der Waals surface area (Å²) in [5.74, 6) is -0.392. The summed E-state index contributed by atoms with van der Waals surface area (Å²) in [5, 5.41) is 2.76. The first-order valence-corrected chi connectivity index (χ1v) is 7.38. The number of hydrogen-bond acceptors (Lipinski definition) is 3. The summed E-state index contributed by atoms with van der Waals surface area (Å²) in [6.07, 6.45) is 1.62. The second-order valence-electron chi connectivity index (χ2n) is 5.01. The van der Waals surface area contributed by atoms with Gasteiger partial charge >= 0.3 is 0 Å². The van der Waals surface area contributed by atoms with E-state index in [1.54, 1.807) is 19.3 Å². The smallest absolute Gasteiger partial charge is 0.263 e. The van der Waals surface area contributed by atoms with Crippen LogP contribution in [0.1, 0.15) is 24.2 Å². The molecule has 1 N–H and O–H groups in total. The Balaban J connectivity index is 2.15. The molecule has 0 aliphatic rings. The van der Waals surface area contributed by atoms with Crippen molar-refractivity contribution in [1.82, 2.24) is 4.57 Å². The van der Waals surface area contributed by atoms with Gasteiger partial charge < -0.3 is 14.8 Å². The first-order chi connectivity index (χ1) is 10.6. The summed E-state index contributed by atoms with van der Waals surface area (Å²) >= 11 is 0. The third-order valence-corrected chi connectivity index (χ3v) is 3.62. The Bertz CT molecular complexity index is 701. The topological polar surface area (TPSA) is 54.3 Å². The van der Waals surface area contributed by atoms with Crippen molar-refractivity contribution in [2.24, 2.45) is 7.05 Å². The largest absolute Gasteiger partial charge is 0.372 e. The monoisotopic (exact) mass is 299 g/mol. The van der Waals surface area contributed by atoms with Crippen molar-refractivity contribution < 1.29 is 4.79 Å². The summed E-state index contributed by atoms with van der Waals surface area (Å²) in [6.45, 7) is 6.07. The quantitative estimate of drug-likeness (QED) is 0.923. The van der Waals surface area contributed by atoms with Crippen LogP contribution in [0.5, 0.6) is 0 Å². The average Bonchev–Trinajstić information content (AvgIpc) is 2.52. The molecule has 2 rings (SSSR count). The fraction of sp³-hybridized carbons (Fsp3) is 0.294. The van der Waals surface area contributed by atoms with E-state index in [0.29, 0.717) is 5.69 Å². The highest BCUT2D eigenvalue weighted by Gasteiger charge is 2.11. The molecule has 0 fully saturated rings. The maximum Gasteiger partial charge on any atom is 0.263 e. The molecule has 0 atom stereocenters. The molecule has 22 heavy (non-hydrogen) atoms. The summed E-state index contributed by atoms with van der Waals surface area (Å²) in [6, 6.07) is 10.8. The zero-order valence-electron chi connectivity index (χ0n) is 13.2. The second kappa shape index (κ2) is 6.93. The predicted octanol–water partition coefficient (Wildman–Crippen LogP) is 2.48. The van der Waals surface area contributed by atoms with Crippen molar-refractivity contribution >= 4 is 17.3 Å². The van der Waals surface area contributed by atoms with E-state index in [-0.39, 0.29) is 11.1 Å². The number of pyridine rings is 1. The Morgan fingerprint density at radius 3 is 2.36 bits per heavy atom. The van der Waals surface area contributed by atoms with Gasteiger partial charge in [0.25, 0.3) is 11.5 Å². The van der Waals surface area contributed by atoms with Gasteiger partial charge in [-0.1, -0.05) is 0 Å². The van der Waals surface area contributed by atoms with Crippen LogP contribution < -0.4 is 15.8 Å². The predicted molar refractivity (Wildman–Crippen MR) is 89.6 cm³/mol. The number of hydrogen-bond donors (Lipinski definition) is 1. The van der Waals surface area contributed by atoms with Gasteiger partial charge in [-0.3, -0.25) is 9.59 Å². The minimum atomic E-state index is -0.392. The standard InChI is InChI=1S/C17H21N3O2/c1-4-20(5-2)14-10-8-13(9-11-14)18-16(21)15-7-6-12-19(3)17(15)22/h6-12H,4-5H2,1-3H3,(H,18,21). The fourth-order valence-electron chi connectivity index (χ4n) is 2.31. The number of aromatic nitrogens is 1. The molecule has 0 aliphatic heterocycles. The van der Waals surface area contributed by atoms with Gasteiger partial charge in [-0.15, -0.1) is 0 Å². The summed E-state index contributed by atoms with van der Waals surface area (Å²) in [7, 11) is 1.62. The molecule has 0 bridgehead atoms. The number of nitrogens with zero attached hydrogens (tertiary/aromatic N) is 2. The molecule has 0 spiro atoms. The molecule has 0 aliphatic carbocycles. The summed E-state index contributed by atoms with van der Waals surface area (Å²) < 4.78 is 1.39. The van der Waals surface area contributed by atoms with Crippen LogP contribution in [0.4, 0.5) is 11.4 Å². The zero-order chi connectivity index (χ0) is 16.1. The molecule has 5 nitrogen and oxygen atoms in total. The van der Waals surface area contributed by atoms with Crippen LogP contribution in [0, 0.1) is 0 Å². The Morgan fingerprint density at radius 1 is 1.14 bits per heavy atom. The van der Waals surface area contributed by atoms with Crippen molar-refractivity contribution in [3.63, 3.8) is 0 Å². The molecule has 1 amide bonds. The van der Waals surface area contributed by atoms with Crippen LogP contribution in [0.15, 0.2) is 47.4 Å². The highest BCUT2D eigenvalue weighted by molar-refractivity contribution is 6.04. The lowest BCUT2D eigenvalue weighted by molar-refractivity contribution is 0.102. The zero-order valence-corrected chi connectivity index (χ0v) is 13.2. The van der Waals surface area contributed by atoms with Gasteiger partial charge in [-0.25, -0.2) is 0 Å². The molecule has 1 aromatic heterocycles. The number of nitrogens with one attached hydrogen (secondary N) is 1. The molecule has 0 saturated heterocycles. The van der Waals surface area contributed by atoms with Crippen molar-refractivity contribution in [3.8, 4) is 0 Å². The van der Waals surface area contributed by atoms with Crippen LogP contribution in [0.3, 0.4) is 0 Å². The molecule has 5 heteroatoms. The summed E-state index contributed by atoms with van der Waals surface area (Å²) in [5.41, 5.74) is 1.61. The van der Waals surface area contributed by atoms with Crippen molar-refractivity contribution in [2.45, 2.75) is 13.8 Å². The Morgan fingerprint density at radius 2 is 1.77 bits per heavy atom. The van der Waals surface area contributed by atoms with E-state index in [4.69, 9.17) is 0 Å². The molecule has 0 saturated carbocycles. The molecule has 2 aromatic rings. The lowest BCUT2D eigenvalue weighted by Gasteiger charge is -2.21. The molecular formula is C17H21N3O2. The van der Waals surface area contributed by atoms with Gasteiger partial charge in [0.1, 0.15) is 5.56 Å². The number of rotatable bonds is 5. The van der Waals surface area contributed by atoms with Gasteiger partial charge in [0, 0.05) is 37.7 Å². The maximum atomic E-state index is 12.2. The van der Waals surface area contributed by atoms with E-state index < -0.39 is 5.91 Å². The highest BCUT2D eigenvalue weighted by Crippen LogP contribution is 2.18. The SMILES string of the molecule is CCN(CC)c1ccc(NC(=O)c2cccn(C)c2=O)cc1. The van der Waals surface area contributed by atoms with E-state index in [1.807, 2.05) is 24.3 Å². The highest BCUT2D eigenvalue weighted by atomic mass is 16.2. The maximum absolute atomic E-state index is 12.2. The third kappa shape index (κ3) is 3.36. The van der Waals surface area contributed by atoms with E-state index in [2.05, 4.69) is 24.1 Å². The van der Waals surface area contributed by atoms with Gasteiger partial charge in [-0.05, 0) is 50.2 Å². The first-order valence-electron chi connectivity index (χ1n) is 7.38. The van der Waals surface area contributed by atoms with Gasteiger partial charge in [0.15, 0.2) is 0 Å². The van der Waals surface area contributed by atoms with Crippen LogP contribution in [0.2, 0.25) is 0 Å². The van der Waals surface area contributed by atoms with Crippen molar-refractivity contribution in [2.75, 3.05) is 23.3 Å². The van der Waals surface area contributed by atoms with Crippen LogP contribution >= 0.6 is 0 Å². The van der Waals surface area contributed by atoms with E-state index in [1.165, 1.54) is 10.6 Å². The van der Waals surface area contributed by atoms with E-state index in [0.717, 1.165) is 18.8 Å². The minimum absolute atomic E-state index is 0.137. The third-order valence-electron chi connectivity index (χ3n) is 3.62. The van der Waals surface area contributed by atoms with Gasteiger partial charge in [0.2, 0.25) is 0 Å². The first kappa shape index (κ1) is 15.8. The van der Waals surface area contributed by atoms with Crippen LogP contribution in [-0.2, 0) is 7.05 Å². The number of aryl methyl sites for hydroxylation is 1. The molecule has 0 radical (unpaired) electrons. The van der Waals surface area contributed by atoms with Crippen LogP contribution in [-0.4, -0.2) is 23.6 Å². The van der Waals surface area contributed by atoms with Crippen LogP contribution in [0.25, 0.3) is 0 Å². The lowest BCUT2D eigenvalue weighted by Crippen LogP contribution is -2.27. The normalized spacial score (nSPS) is 10.3. The molecular weight excluding hydrogens is 278 g/mol. The van der Waals surface area contributed by atoms with Crippen molar-refractivity contribution in [3.05, 3.63) is 58.5 Å². The molecule has 1 heterocycles. The number of amides is 1. The Labute approximate surface area is 130 Å². The number of anilines is 2. The van der Waals surface area contributed by atoms with Crippen molar-refractivity contribution in [1.29, 1.82) is 0 Å². The van der Waals surface area contributed by atoms with Gasteiger partial charge in [-0.2, -0.15) is 0 Å². The van der Waals surface area contributed by atoms with E-state index >= 15 is 0 Å². The number of carbonyl (C=O) groups is 1. The van der Waals surface area contributed by atoms with Gasteiger partial charge in [0.05, 0.1) is 0 Å². The second-order valence-corrected chi connectivity index (χ2v) is 5.01. The fourth-order valence-corrected chi connectivity index (χ4v) is 2.31. The molecule has 116 valence electrons. The number of benzene rings is 1. The lowest BCUT2D eigenvalue weighted by atomic mass is 10.2. The Hall–Kier alpha value is -2.56. The van der Waals surface area contributed by atoms with E-state index in [9.17, 15) is 9.59 Å². The molecule has 1 aromatic carbocycles. The number of carbonyl (C=O) groups excluding carboxylic acids is 1. The Kier molecular flexibility index (Phi) is 4.99. The summed E-state index contributed by atoms with van der Waals surface area (Å²) in [4.78, 5) is 26.3. The minimum Gasteiger partial charge on any atom is -0.372 e. The molecule has 0 unspecified atom stereocenters. The average molecular weight is 299 g/mol.